The Labute approximate surface area is 113 Å². The van der Waals surface area contributed by atoms with Gasteiger partial charge >= 0.3 is 0 Å². The van der Waals surface area contributed by atoms with Crippen molar-refractivity contribution in [2.45, 2.75) is 12.6 Å². The van der Waals surface area contributed by atoms with Crippen LogP contribution in [0.5, 0.6) is 5.75 Å². The molecule has 2 N–H and O–H groups in total. The lowest BCUT2D eigenvalue weighted by molar-refractivity contribution is -0.0969. The second kappa shape index (κ2) is 6.58. The number of rotatable bonds is 5. The minimum atomic E-state index is -0.203. The molecule has 3 heteroatoms. The predicted octanol–water partition coefficient (Wildman–Crippen LogP) is 1.30. The second-order valence-electron chi connectivity index (χ2n) is 4.22. The highest BCUT2D eigenvalue weighted by Crippen LogP contribution is 2.17. The summed E-state index contributed by atoms with van der Waals surface area (Å²) in [6, 6.07) is 20.1. The van der Waals surface area contributed by atoms with Crippen molar-refractivity contribution < 1.29 is 10.00 Å². The Hall–Kier alpha value is -2.31. The molecule has 2 rings (SSSR count). The van der Waals surface area contributed by atoms with Crippen LogP contribution in [-0.2, 0) is 6.54 Å². The van der Waals surface area contributed by atoms with Crippen LogP contribution < -0.4 is 15.3 Å². The van der Waals surface area contributed by atoms with E-state index in [4.69, 9.17) is 10.00 Å². The number of ether oxygens (including phenoxy) is 1. The Morgan fingerprint density at radius 2 is 1.79 bits per heavy atom. The molecule has 0 saturated carbocycles. The van der Waals surface area contributed by atoms with E-state index < -0.39 is 0 Å². The molecule has 0 spiro atoms. The fraction of sp³-hybridized carbons (Fsp3) is 0.188. The van der Waals surface area contributed by atoms with Gasteiger partial charge < -0.3 is 4.74 Å². The number of hydrogen-bond donors (Lipinski definition) is 2. The SMILES string of the molecule is COc1ccc([C@@H](C#[NH+])NCc2ccccc2)cc1. The summed E-state index contributed by atoms with van der Waals surface area (Å²) < 4.78 is 5.12. The van der Waals surface area contributed by atoms with Crippen LogP contribution in [0, 0.1) is 6.07 Å². The summed E-state index contributed by atoms with van der Waals surface area (Å²) in [7, 11) is 1.64. The van der Waals surface area contributed by atoms with E-state index in [1.165, 1.54) is 5.56 Å². The maximum Gasteiger partial charge on any atom is 0.294 e. The van der Waals surface area contributed by atoms with E-state index in [1.54, 1.807) is 7.11 Å². The van der Waals surface area contributed by atoms with Gasteiger partial charge in [0.1, 0.15) is 5.75 Å². The molecule has 0 radical (unpaired) electrons. The molecule has 0 fully saturated rings. The van der Waals surface area contributed by atoms with Crippen molar-refractivity contribution in [1.82, 2.24) is 5.32 Å². The molecular weight excluding hydrogens is 236 g/mol. The van der Waals surface area contributed by atoms with Crippen LogP contribution in [0.3, 0.4) is 0 Å². The van der Waals surface area contributed by atoms with Gasteiger partial charge in [-0.2, -0.15) is 0 Å². The van der Waals surface area contributed by atoms with Crippen molar-refractivity contribution in [1.29, 1.82) is 0 Å². The Balaban J connectivity index is 2.02. The van der Waals surface area contributed by atoms with Crippen LogP contribution in [0.2, 0.25) is 0 Å². The highest BCUT2D eigenvalue weighted by Gasteiger charge is 2.13. The number of methoxy groups -OCH3 is 1. The Morgan fingerprint density at radius 3 is 2.37 bits per heavy atom. The molecule has 0 aliphatic carbocycles. The third kappa shape index (κ3) is 3.57. The molecule has 0 amide bonds. The van der Waals surface area contributed by atoms with E-state index in [2.05, 4.69) is 23.5 Å². The molecule has 0 aliphatic heterocycles. The van der Waals surface area contributed by atoms with Crippen LogP contribution >= 0.6 is 0 Å². The van der Waals surface area contributed by atoms with E-state index in [0.717, 1.165) is 11.3 Å². The number of hydrogen-bond acceptors (Lipinski definition) is 2. The van der Waals surface area contributed by atoms with Crippen molar-refractivity contribution in [3.05, 3.63) is 65.7 Å². The maximum atomic E-state index is 7.42. The summed E-state index contributed by atoms with van der Waals surface area (Å²) in [5.41, 5.74) is 2.20. The topological polar surface area (TPSA) is 45.1 Å². The molecule has 0 bridgehead atoms. The lowest BCUT2D eigenvalue weighted by Crippen LogP contribution is -2.28. The summed E-state index contributed by atoms with van der Waals surface area (Å²) in [5.74, 6) is 0.815. The Bertz CT molecular complexity index is 543. The zero-order valence-electron chi connectivity index (χ0n) is 10.9. The van der Waals surface area contributed by atoms with E-state index in [0.29, 0.717) is 6.54 Å². The fourth-order valence-corrected chi connectivity index (χ4v) is 1.86. The quantitative estimate of drug-likeness (QED) is 0.843. The first-order valence-electron chi connectivity index (χ1n) is 6.17. The summed E-state index contributed by atoms with van der Waals surface area (Å²) in [6.07, 6.45) is 0. The van der Waals surface area contributed by atoms with Crippen molar-refractivity contribution in [2.24, 2.45) is 0 Å². The first kappa shape index (κ1) is 13.1. The van der Waals surface area contributed by atoms with Gasteiger partial charge in [0.15, 0.2) is 6.04 Å². The molecule has 3 nitrogen and oxygen atoms in total. The molecule has 0 heterocycles. The molecular formula is C16H17N2O+. The third-order valence-electron chi connectivity index (χ3n) is 2.95. The van der Waals surface area contributed by atoms with Gasteiger partial charge in [0.25, 0.3) is 6.07 Å². The second-order valence-corrected chi connectivity index (χ2v) is 4.22. The van der Waals surface area contributed by atoms with Crippen LogP contribution in [0.4, 0.5) is 0 Å². The van der Waals surface area contributed by atoms with E-state index >= 15 is 0 Å². The summed E-state index contributed by atoms with van der Waals surface area (Å²) in [5, 5.41) is 10.7. The van der Waals surface area contributed by atoms with Gasteiger partial charge in [-0.15, -0.1) is 0 Å². The van der Waals surface area contributed by atoms with E-state index in [9.17, 15) is 0 Å². The smallest absolute Gasteiger partial charge is 0.294 e. The molecule has 1 atom stereocenters. The minimum absolute atomic E-state index is 0.203. The number of benzene rings is 2. The highest BCUT2D eigenvalue weighted by molar-refractivity contribution is 5.31. The molecule has 2 aromatic rings. The molecule has 0 aliphatic rings. The lowest BCUT2D eigenvalue weighted by atomic mass is 10.1. The maximum absolute atomic E-state index is 7.42. The van der Waals surface area contributed by atoms with Crippen molar-refractivity contribution in [2.75, 3.05) is 7.11 Å². The van der Waals surface area contributed by atoms with Crippen molar-refractivity contribution in [3.63, 3.8) is 0 Å². The van der Waals surface area contributed by atoms with Crippen LogP contribution in [0.1, 0.15) is 17.2 Å². The first-order valence-corrected chi connectivity index (χ1v) is 6.17. The predicted molar refractivity (Wildman–Crippen MR) is 73.9 cm³/mol. The lowest BCUT2D eigenvalue weighted by Gasteiger charge is -2.10. The molecule has 19 heavy (non-hydrogen) atoms. The standard InChI is InChI=1S/C16H16N2O/c1-19-15-9-7-14(8-10-15)16(11-17)18-12-13-5-3-2-4-6-13/h2-10,16,18H,12H2,1H3/p+1/t16-/m1/s1. The van der Waals surface area contributed by atoms with Crippen LogP contribution in [0.25, 0.3) is 0 Å². The zero-order chi connectivity index (χ0) is 13.5. The molecule has 96 valence electrons. The van der Waals surface area contributed by atoms with Gasteiger partial charge in [-0.25, -0.2) is 0 Å². The summed E-state index contributed by atoms with van der Waals surface area (Å²) in [6.45, 7) is 0.712. The summed E-state index contributed by atoms with van der Waals surface area (Å²) >= 11 is 0. The Kier molecular flexibility index (Phi) is 4.54. The Morgan fingerprint density at radius 1 is 1.11 bits per heavy atom. The normalized spacial score (nSPS) is 11.6. The monoisotopic (exact) mass is 253 g/mol. The van der Waals surface area contributed by atoms with Gasteiger partial charge in [-0.3, -0.25) is 5.32 Å². The van der Waals surface area contributed by atoms with Crippen molar-refractivity contribution in [3.8, 4) is 11.8 Å². The first-order chi connectivity index (χ1) is 9.33. The van der Waals surface area contributed by atoms with Crippen LogP contribution in [-0.4, -0.2) is 7.11 Å². The number of nitrogens with one attached hydrogen (secondary N) is 2. The minimum Gasteiger partial charge on any atom is -0.497 e. The van der Waals surface area contributed by atoms with E-state index in [-0.39, 0.29) is 6.04 Å². The molecule has 0 unspecified atom stereocenters. The van der Waals surface area contributed by atoms with Gasteiger partial charge in [-0.1, -0.05) is 47.7 Å². The molecule has 2 aromatic carbocycles. The fourth-order valence-electron chi connectivity index (χ4n) is 1.86. The average Bonchev–Trinajstić information content (AvgIpc) is 2.49. The van der Waals surface area contributed by atoms with Crippen molar-refractivity contribution >= 4 is 0 Å². The van der Waals surface area contributed by atoms with Gasteiger partial charge in [-0.05, 0) is 23.3 Å². The molecule has 0 aromatic heterocycles. The van der Waals surface area contributed by atoms with E-state index in [1.807, 2.05) is 42.5 Å². The highest BCUT2D eigenvalue weighted by atomic mass is 16.5. The zero-order valence-corrected chi connectivity index (χ0v) is 10.9. The largest absolute Gasteiger partial charge is 0.497 e. The van der Waals surface area contributed by atoms with Gasteiger partial charge in [0.05, 0.1) is 7.11 Å². The molecule has 0 saturated heterocycles. The average molecular weight is 253 g/mol. The summed E-state index contributed by atoms with van der Waals surface area (Å²) in [4.78, 5) is 0. The van der Waals surface area contributed by atoms with Gasteiger partial charge in [0.2, 0.25) is 0 Å². The third-order valence-corrected chi connectivity index (χ3v) is 2.95. The van der Waals surface area contributed by atoms with Crippen LogP contribution in [0.15, 0.2) is 54.6 Å². The van der Waals surface area contributed by atoms with Gasteiger partial charge in [0, 0.05) is 6.54 Å².